The van der Waals surface area contributed by atoms with Crippen LogP contribution in [-0.2, 0) is 16.0 Å². The van der Waals surface area contributed by atoms with Gasteiger partial charge in [-0.15, -0.1) is 0 Å². The molecule has 0 saturated carbocycles. The Kier molecular flexibility index (Phi) is 7.88. The van der Waals surface area contributed by atoms with Gasteiger partial charge in [0.25, 0.3) is 5.91 Å². The first-order chi connectivity index (χ1) is 18.1. The van der Waals surface area contributed by atoms with E-state index in [0.717, 1.165) is 27.6 Å². The summed E-state index contributed by atoms with van der Waals surface area (Å²) in [5.74, 6) is -2.06. The average Bonchev–Trinajstić information content (AvgIpc) is 3.30. The number of nitrogens with zero attached hydrogens (tertiary/aromatic N) is 2. The number of carbonyl (C=O) groups excluding carboxylic acids is 2. The summed E-state index contributed by atoms with van der Waals surface area (Å²) < 4.78 is 0. The first-order valence-electron chi connectivity index (χ1n) is 12.3. The number of carboxylic acid groups (broad SMARTS) is 1. The molecule has 2 atom stereocenters. The van der Waals surface area contributed by atoms with Crippen LogP contribution >= 0.6 is 11.6 Å². The van der Waals surface area contributed by atoms with E-state index < -0.39 is 24.0 Å². The normalized spacial score (nSPS) is 12.7. The molecule has 4 rings (SSSR count). The number of aryl methyl sites for hydroxylation is 2. The smallest absolute Gasteiger partial charge is 0.327 e. The first kappa shape index (κ1) is 26.9. The number of nitrogens with one attached hydrogen (secondary N) is 1. The largest absolute Gasteiger partial charge is 0.480 e. The molecule has 8 heteroatoms. The summed E-state index contributed by atoms with van der Waals surface area (Å²) in [7, 11) is 1.54. The Morgan fingerprint density at radius 1 is 0.974 bits per heavy atom. The van der Waals surface area contributed by atoms with Crippen LogP contribution in [0.25, 0.3) is 10.9 Å². The van der Waals surface area contributed by atoms with Crippen molar-refractivity contribution in [1.29, 1.82) is 0 Å². The van der Waals surface area contributed by atoms with Crippen molar-refractivity contribution in [1.82, 2.24) is 9.88 Å². The number of likely N-dealkylation sites (N-methyl/N-ethyl adjacent to an activating group) is 1. The number of aromatic amines is 1. The first-order valence-corrected chi connectivity index (χ1v) is 12.7. The molecule has 0 bridgehead atoms. The second-order valence-corrected chi connectivity index (χ2v) is 9.95. The zero-order valence-corrected chi connectivity index (χ0v) is 22.5. The molecule has 1 aromatic heterocycles. The lowest BCUT2D eigenvalue weighted by Crippen LogP contribution is -2.54. The van der Waals surface area contributed by atoms with Crippen LogP contribution in [0.3, 0.4) is 0 Å². The lowest BCUT2D eigenvalue weighted by molar-refractivity contribution is -0.140. The Morgan fingerprint density at radius 2 is 1.61 bits per heavy atom. The van der Waals surface area contributed by atoms with Gasteiger partial charge in [-0.3, -0.25) is 14.5 Å². The van der Waals surface area contributed by atoms with Gasteiger partial charge in [-0.05, 0) is 56.7 Å². The van der Waals surface area contributed by atoms with Crippen molar-refractivity contribution in [3.8, 4) is 0 Å². The van der Waals surface area contributed by atoms with E-state index in [0.29, 0.717) is 5.56 Å². The van der Waals surface area contributed by atoms with Crippen LogP contribution in [0.1, 0.15) is 34.0 Å². The molecule has 38 heavy (non-hydrogen) atoms. The van der Waals surface area contributed by atoms with Crippen molar-refractivity contribution in [2.45, 2.75) is 39.3 Å². The summed E-state index contributed by atoms with van der Waals surface area (Å²) in [6.45, 7) is 5.40. The third-order valence-electron chi connectivity index (χ3n) is 6.76. The van der Waals surface area contributed by atoms with Gasteiger partial charge in [-0.2, -0.15) is 0 Å². The van der Waals surface area contributed by atoms with Crippen LogP contribution in [-0.4, -0.2) is 51.9 Å². The Balaban J connectivity index is 1.73. The number of fused-ring (bicyclic) bond motifs is 1. The number of carbonyl (C=O) groups is 3. The van der Waals surface area contributed by atoms with Crippen molar-refractivity contribution >= 4 is 46.0 Å². The van der Waals surface area contributed by atoms with Gasteiger partial charge in [0.15, 0.2) is 0 Å². The molecule has 0 spiro atoms. The molecule has 4 aromatic rings. The quantitative estimate of drug-likeness (QED) is 0.308. The molecule has 7 nitrogen and oxygen atoms in total. The number of benzene rings is 3. The Hall–Kier alpha value is -4.10. The molecule has 2 N–H and O–H groups in total. The zero-order chi connectivity index (χ0) is 27.6. The maximum Gasteiger partial charge on any atom is 0.327 e. The summed E-state index contributed by atoms with van der Waals surface area (Å²) in [5.41, 5.74) is 4.22. The minimum atomic E-state index is -1.27. The second-order valence-electron chi connectivity index (χ2n) is 9.55. The molecule has 0 radical (unpaired) electrons. The van der Waals surface area contributed by atoms with Crippen LogP contribution in [0, 0.1) is 13.8 Å². The average molecular weight is 532 g/mol. The molecule has 196 valence electrons. The fourth-order valence-corrected chi connectivity index (χ4v) is 4.96. The molecule has 0 saturated heterocycles. The number of anilines is 1. The van der Waals surface area contributed by atoms with Crippen molar-refractivity contribution in [2.75, 3.05) is 11.9 Å². The van der Waals surface area contributed by atoms with E-state index in [1.807, 2.05) is 44.2 Å². The lowest BCUT2D eigenvalue weighted by Gasteiger charge is -2.34. The number of aliphatic carboxylic acids is 1. The van der Waals surface area contributed by atoms with Crippen LogP contribution < -0.4 is 4.90 Å². The van der Waals surface area contributed by atoms with Gasteiger partial charge in [0.2, 0.25) is 5.91 Å². The number of aromatic nitrogens is 1. The number of hydrogen-bond donors (Lipinski definition) is 2. The SMILES string of the molecule is Cc1cc(C)cc(C(=O)N(C)[C@@H](C)C(=O)N(c2ccccc2Cl)[C@@H](Cc2c[nH]c3ccccc23)C(=O)O)c1. The summed E-state index contributed by atoms with van der Waals surface area (Å²) >= 11 is 6.49. The fourth-order valence-electron chi connectivity index (χ4n) is 4.73. The van der Waals surface area contributed by atoms with E-state index in [-0.39, 0.29) is 23.0 Å². The molecule has 0 aliphatic carbocycles. The Bertz CT molecular complexity index is 1490. The van der Waals surface area contributed by atoms with Crippen molar-refractivity contribution < 1.29 is 19.5 Å². The number of hydrogen-bond acceptors (Lipinski definition) is 3. The number of rotatable bonds is 8. The highest BCUT2D eigenvalue weighted by Crippen LogP contribution is 2.31. The molecular weight excluding hydrogens is 502 g/mol. The van der Waals surface area contributed by atoms with Crippen LogP contribution in [0.2, 0.25) is 5.02 Å². The van der Waals surface area contributed by atoms with Gasteiger partial charge in [-0.1, -0.05) is 59.1 Å². The van der Waals surface area contributed by atoms with Gasteiger partial charge < -0.3 is 15.0 Å². The van der Waals surface area contributed by atoms with E-state index in [9.17, 15) is 19.5 Å². The number of carboxylic acids is 1. The topological polar surface area (TPSA) is 93.7 Å². The second kappa shape index (κ2) is 11.1. The van der Waals surface area contributed by atoms with Crippen LogP contribution in [0.5, 0.6) is 0 Å². The van der Waals surface area contributed by atoms with Crippen LogP contribution in [0.4, 0.5) is 5.69 Å². The van der Waals surface area contributed by atoms with Gasteiger partial charge in [-0.25, -0.2) is 4.79 Å². The van der Waals surface area contributed by atoms with Gasteiger partial charge in [0.05, 0.1) is 10.7 Å². The number of halogens is 1. The van der Waals surface area contributed by atoms with E-state index in [1.165, 1.54) is 9.80 Å². The molecule has 0 fully saturated rings. The van der Waals surface area contributed by atoms with Crippen molar-refractivity contribution in [3.05, 3.63) is 100 Å². The molecule has 3 aromatic carbocycles. The number of para-hydroxylation sites is 2. The van der Waals surface area contributed by atoms with E-state index in [2.05, 4.69) is 4.98 Å². The summed E-state index contributed by atoms with van der Waals surface area (Å²) in [4.78, 5) is 45.8. The highest BCUT2D eigenvalue weighted by molar-refractivity contribution is 6.34. The lowest BCUT2D eigenvalue weighted by atomic mass is 10.0. The minimum Gasteiger partial charge on any atom is -0.480 e. The molecule has 2 amide bonds. The number of amides is 2. The van der Waals surface area contributed by atoms with E-state index >= 15 is 0 Å². The van der Waals surface area contributed by atoms with Gasteiger partial charge in [0.1, 0.15) is 12.1 Å². The number of H-pyrrole nitrogens is 1. The third-order valence-corrected chi connectivity index (χ3v) is 7.08. The molecule has 0 aliphatic heterocycles. The third kappa shape index (κ3) is 5.43. The fraction of sp³-hybridized carbons (Fsp3) is 0.233. The van der Waals surface area contributed by atoms with Gasteiger partial charge in [0, 0.05) is 36.1 Å². The summed E-state index contributed by atoms with van der Waals surface area (Å²) in [5, 5.41) is 11.5. The Morgan fingerprint density at radius 3 is 2.26 bits per heavy atom. The van der Waals surface area contributed by atoms with Crippen LogP contribution in [0.15, 0.2) is 72.9 Å². The highest BCUT2D eigenvalue weighted by Gasteiger charge is 2.37. The molecule has 1 heterocycles. The maximum atomic E-state index is 14.0. The molecule has 0 unspecified atom stereocenters. The maximum absolute atomic E-state index is 14.0. The van der Waals surface area contributed by atoms with Gasteiger partial charge >= 0.3 is 5.97 Å². The van der Waals surface area contributed by atoms with Crippen molar-refractivity contribution in [2.24, 2.45) is 0 Å². The minimum absolute atomic E-state index is 0.0394. The predicted octanol–water partition coefficient (Wildman–Crippen LogP) is 5.63. The molecule has 0 aliphatic rings. The highest BCUT2D eigenvalue weighted by atomic mass is 35.5. The molecular formula is C30H30ClN3O4. The van der Waals surface area contributed by atoms with E-state index in [1.54, 1.807) is 56.6 Å². The van der Waals surface area contributed by atoms with Crippen molar-refractivity contribution in [3.63, 3.8) is 0 Å². The Labute approximate surface area is 226 Å². The monoisotopic (exact) mass is 531 g/mol. The zero-order valence-electron chi connectivity index (χ0n) is 21.7. The van der Waals surface area contributed by atoms with E-state index in [4.69, 9.17) is 11.6 Å². The summed E-state index contributed by atoms with van der Waals surface area (Å²) in [6, 6.07) is 17.5. The predicted molar refractivity (Wildman–Crippen MR) is 150 cm³/mol. The standard InChI is InChI=1S/C30H30ClN3O4/c1-18-13-19(2)15-21(14-18)29(36)33(4)20(3)28(35)34(26-12-8-6-10-24(26)31)27(30(37)38)16-22-17-32-25-11-7-5-9-23(22)25/h5-15,17,20,27,32H,16H2,1-4H3,(H,37,38)/t20-,27-/m0/s1. The summed E-state index contributed by atoms with van der Waals surface area (Å²) in [6.07, 6.45) is 1.80.